The Hall–Kier alpha value is -3.04. The average Bonchev–Trinajstić information content (AvgIpc) is 3.16. The molecule has 0 aliphatic carbocycles. The molecular weight excluding hydrogens is 415 g/mol. The van der Waals surface area contributed by atoms with Crippen LogP contribution in [0, 0.1) is 6.92 Å². The summed E-state index contributed by atoms with van der Waals surface area (Å²) in [6.45, 7) is 1.78. The Morgan fingerprint density at radius 2 is 1.90 bits per heavy atom. The van der Waals surface area contributed by atoms with E-state index in [0.29, 0.717) is 27.8 Å². The minimum Gasteiger partial charge on any atom is -0.772 e. The van der Waals surface area contributed by atoms with Gasteiger partial charge < -0.3 is 4.55 Å². The van der Waals surface area contributed by atoms with Crippen molar-refractivity contribution < 1.29 is 21.9 Å². The fourth-order valence-electron chi connectivity index (χ4n) is 3.45. The SMILES string of the molecule is Cc1cnc2c(C(F)(F)F)cccc2c1-c1cnn(-c2cccc(CS(=O)[O-])c2)c1. The van der Waals surface area contributed by atoms with Gasteiger partial charge in [0.1, 0.15) is 0 Å². The minimum absolute atomic E-state index is 0.113. The van der Waals surface area contributed by atoms with Gasteiger partial charge in [0.25, 0.3) is 0 Å². The van der Waals surface area contributed by atoms with Crippen LogP contribution in [0.2, 0.25) is 0 Å². The van der Waals surface area contributed by atoms with Gasteiger partial charge >= 0.3 is 6.18 Å². The summed E-state index contributed by atoms with van der Waals surface area (Å²) in [6.07, 6.45) is 0.190. The fraction of sp³-hybridized carbons (Fsp3) is 0.143. The highest BCUT2D eigenvalue weighted by Crippen LogP contribution is 2.38. The van der Waals surface area contributed by atoms with Crippen LogP contribution in [0.15, 0.2) is 61.1 Å². The van der Waals surface area contributed by atoms with Crippen molar-refractivity contribution in [1.29, 1.82) is 0 Å². The molecule has 0 bridgehead atoms. The Balaban J connectivity index is 1.83. The van der Waals surface area contributed by atoms with Crippen LogP contribution in [0.5, 0.6) is 0 Å². The van der Waals surface area contributed by atoms with Crippen LogP contribution in [0.25, 0.3) is 27.7 Å². The Morgan fingerprint density at radius 3 is 2.63 bits per heavy atom. The minimum atomic E-state index is -4.51. The van der Waals surface area contributed by atoms with E-state index in [1.807, 2.05) is 0 Å². The maximum Gasteiger partial charge on any atom is 0.418 e. The third-order valence-electron chi connectivity index (χ3n) is 4.72. The van der Waals surface area contributed by atoms with Gasteiger partial charge in [-0.1, -0.05) is 35.3 Å². The number of aryl methyl sites for hydroxylation is 1. The summed E-state index contributed by atoms with van der Waals surface area (Å²) in [5, 5.41) is 4.71. The molecular formula is C21H15F3N3O2S-. The second-order valence-electron chi connectivity index (χ2n) is 6.81. The molecule has 0 radical (unpaired) electrons. The Labute approximate surface area is 172 Å². The van der Waals surface area contributed by atoms with Gasteiger partial charge in [-0.2, -0.15) is 18.3 Å². The first-order valence-corrected chi connectivity index (χ1v) is 10.1. The van der Waals surface area contributed by atoms with Crippen molar-refractivity contribution in [2.45, 2.75) is 18.9 Å². The number of aromatic nitrogens is 3. The van der Waals surface area contributed by atoms with Gasteiger partial charge in [-0.05, 0) is 41.8 Å². The van der Waals surface area contributed by atoms with Crippen LogP contribution in [0.4, 0.5) is 13.2 Å². The van der Waals surface area contributed by atoms with Crippen LogP contribution in [-0.2, 0) is 23.0 Å². The highest BCUT2D eigenvalue weighted by atomic mass is 32.2. The van der Waals surface area contributed by atoms with E-state index in [1.54, 1.807) is 54.3 Å². The number of para-hydroxylation sites is 1. The number of benzene rings is 2. The highest BCUT2D eigenvalue weighted by Gasteiger charge is 2.33. The first-order valence-electron chi connectivity index (χ1n) is 8.90. The summed E-state index contributed by atoms with van der Waals surface area (Å²) in [5.74, 6) is -0.115. The van der Waals surface area contributed by atoms with Crippen molar-refractivity contribution in [3.05, 3.63) is 77.7 Å². The summed E-state index contributed by atoms with van der Waals surface area (Å²) in [4.78, 5) is 4.03. The standard InChI is InChI=1S/C21H16F3N3O2S/c1-13-9-25-20-17(6-3-7-18(20)21(22,23)24)19(13)15-10-26-27(11-15)16-5-2-4-14(8-16)12-30(28)29/h2-11H,12H2,1H3,(H,28,29)/p-1. The van der Waals surface area contributed by atoms with Gasteiger partial charge in [0.05, 0.1) is 23.0 Å². The molecule has 2 heterocycles. The summed E-state index contributed by atoms with van der Waals surface area (Å²) < 4.78 is 63.7. The van der Waals surface area contributed by atoms with Crippen molar-refractivity contribution in [1.82, 2.24) is 14.8 Å². The average molecular weight is 430 g/mol. The van der Waals surface area contributed by atoms with E-state index < -0.39 is 22.8 Å². The lowest BCUT2D eigenvalue weighted by Gasteiger charge is -2.13. The molecule has 154 valence electrons. The maximum atomic E-state index is 13.4. The predicted molar refractivity (Wildman–Crippen MR) is 107 cm³/mol. The zero-order valence-electron chi connectivity index (χ0n) is 15.7. The van der Waals surface area contributed by atoms with E-state index in [-0.39, 0.29) is 11.3 Å². The molecule has 0 saturated heterocycles. The number of rotatable bonds is 4. The third kappa shape index (κ3) is 3.86. The molecule has 30 heavy (non-hydrogen) atoms. The van der Waals surface area contributed by atoms with Crippen molar-refractivity contribution in [3.63, 3.8) is 0 Å². The van der Waals surface area contributed by atoms with Crippen LogP contribution in [0.1, 0.15) is 16.7 Å². The monoisotopic (exact) mass is 430 g/mol. The number of fused-ring (bicyclic) bond motifs is 1. The molecule has 0 amide bonds. The smallest absolute Gasteiger partial charge is 0.418 e. The summed E-state index contributed by atoms with van der Waals surface area (Å²) >= 11 is -2.21. The van der Waals surface area contributed by atoms with E-state index >= 15 is 0 Å². The molecule has 2 aromatic carbocycles. The lowest BCUT2D eigenvalue weighted by molar-refractivity contribution is -0.136. The molecule has 4 aromatic rings. The largest absolute Gasteiger partial charge is 0.772 e. The number of halogens is 3. The Bertz CT molecular complexity index is 1270. The van der Waals surface area contributed by atoms with Crippen molar-refractivity contribution in [3.8, 4) is 16.8 Å². The second-order valence-corrected chi connectivity index (χ2v) is 7.70. The molecule has 0 N–H and O–H groups in total. The molecule has 2 aromatic heterocycles. The van der Waals surface area contributed by atoms with E-state index in [2.05, 4.69) is 10.1 Å². The van der Waals surface area contributed by atoms with Gasteiger partial charge in [0, 0.05) is 29.1 Å². The summed E-state index contributed by atoms with van der Waals surface area (Å²) in [6, 6.07) is 10.9. The Kier molecular flexibility index (Phi) is 5.17. The van der Waals surface area contributed by atoms with Gasteiger partial charge in [-0.25, -0.2) is 4.68 Å². The Morgan fingerprint density at radius 1 is 1.13 bits per heavy atom. The predicted octanol–water partition coefficient (Wildman–Crippen LogP) is 4.79. The quantitative estimate of drug-likeness (QED) is 0.437. The van der Waals surface area contributed by atoms with Crippen LogP contribution in [-0.4, -0.2) is 23.5 Å². The van der Waals surface area contributed by atoms with Crippen LogP contribution >= 0.6 is 0 Å². The molecule has 1 unspecified atom stereocenters. The molecule has 0 fully saturated rings. The first-order chi connectivity index (χ1) is 14.2. The molecule has 4 rings (SSSR count). The van der Waals surface area contributed by atoms with Crippen LogP contribution in [0.3, 0.4) is 0 Å². The van der Waals surface area contributed by atoms with Gasteiger partial charge in [0.2, 0.25) is 0 Å². The molecule has 0 aliphatic heterocycles. The molecule has 5 nitrogen and oxygen atoms in total. The van der Waals surface area contributed by atoms with Gasteiger partial charge in [-0.3, -0.25) is 9.19 Å². The molecule has 0 aliphatic rings. The van der Waals surface area contributed by atoms with Gasteiger partial charge in [0.15, 0.2) is 0 Å². The fourth-order valence-corrected chi connectivity index (χ4v) is 3.90. The van der Waals surface area contributed by atoms with E-state index in [4.69, 9.17) is 0 Å². The van der Waals surface area contributed by atoms with Crippen molar-refractivity contribution in [2.24, 2.45) is 0 Å². The highest BCUT2D eigenvalue weighted by molar-refractivity contribution is 7.78. The van der Waals surface area contributed by atoms with Crippen molar-refractivity contribution >= 4 is 22.0 Å². The number of hydrogen-bond acceptors (Lipinski definition) is 4. The molecule has 9 heteroatoms. The topological polar surface area (TPSA) is 70.8 Å². The molecule has 0 saturated carbocycles. The van der Waals surface area contributed by atoms with E-state index in [9.17, 15) is 21.9 Å². The maximum absolute atomic E-state index is 13.4. The molecule has 1 atom stereocenters. The van der Waals surface area contributed by atoms with E-state index in [0.717, 1.165) is 11.6 Å². The zero-order chi connectivity index (χ0) is 21.5. The lowest BCUT2D eigenvalue weighted by Crippen LogP contribution is -2.07. The van der Waals surface area contributed by atoms with E-state index in [1.165, 1.54) is 12.3 Å². The van der Waals surface area contributed by atoms with Crippen LogP contribution < -0.4 is 0 Å². The summed E-state index contributed by atoms with van der Waals surface area (Å²) in [7, 11) is 0. The summed E-state index contributed by atoms with van der Waals surface area (Å²) in [5.41, 5.74) is 2.34. The zero-order valence-corrected chi connectivity index (χ0v) is 16.5. The lowest BCUT2D eigenvalue weighted by atomic mass is 9.97. The number of hydrogen-bond donors (Lipinski definition) is 0. The van der Waals surface area contributed by atoms with Gasteiger partial charge in [-0.15, -0.1) is 0 Å². The second kappa shape index (κ2) is 7.66. The molecule has 0 spiro atoms. The normalized spacial score (nSPS) is 13.0. The third-order valence-corrected chi connectivity index (χ3v) is 5.29. The number of pyridine rings is 1. The first kappa shape index (κ1) is 20.2. The van der Waals surface area contributed by atoms with Crippen molar-refractivity contribution in [2.75, 3.05) is 0 Å². The number of alkyl halides is 3. The number of nitrogens with zero attached hydrogens (tertiary/aromatic N) is 3.